The van der Waals surface area contributed by atoms with Gasteiger partial charge in [0.1, 0.15) is 0 Å². The first kappa shape index (κ1) is 19.2. The molecule has 1 aliphatic rings. The predicted molar refractivity (Wildman–Crippen MR) is 101 cm³/mol. The Morgan fingerprint density at radius 3 is 2.55 bits per heavy atom. The summed E-state index contributed by atoms with van der Waals surface area (Å²) < 4.78 is 22.9. The first-order valence-electron chi connectivity index (χ1n) is 7.16. The second kappa shape index (κ2) is 8.71. The maximum absolute atomic E-state index is 11.5. The van der Waals surface area contributed by atoms with Crippen molar-refractivity contribution < 1.29 is 8.42 Å². The molecule has 1 aliphatic heterocycles. The fourth-order valence-corrected chi connectivity index (χ4v) is 4.24. The summed E-state index contributed by atoms with van der Waals surface area (Å²) in [6, 6.07) is 10.1. The van der Waals surface area contributed by atoms with Crippen molar-refractivity contribution in [2.24, 2.45) is 10.9 Å². The fraction of sp³-hybridized carbons (Fsp3) is 0.533. The molecule has 22 heavy (non-hydrogen) atoms. The lowest BCUT2D eigenvalue weighted by atomic mass is 10.1. The molecule has 0 aliphatic carbocycles. The minimum atomic E-state index is -2.81. The van der Waals surface area contributed by atoms with Crippen LogP contribution in [0, 0.1) is 5.92 Å². The van der Waals surface area contributed by atoms with Crippen LogP contribution in [0.25, 0.3) is 0 Å². The summed E-state index contributed by atoms with van der Waals surface area (Å²) in [5, 5.41) is 3.28. The number of nitrogens with zero attached hydrogens (tertiary/aromatic N) is 2. The molecule has 1 saturated heterocycles. The molecule has 1 aromatic carbocycles. The fourth-order valence-electron chi connectivity index (χ4n) is 2.37. The summed E-state index contributed by atoms with van der Waals surface area (Å²) in [5.74, 6) is 1.59. The van der Waals surface area contributed by atoms with Gasteiger partial charge in [-0.15, -0.1) is 24.0 Å². The van der Waals surface area contributed by atoms with Gasteiger partial charge in [0.05, 0.1) is 18.1 Å². The number of benzene rings is 1. The van der Waals surface area contributed by atoms with E-state index in [-0.39, 0.29) is 29.9 Å². The third-order valence-electron chi connectivity index (χ3n) is 3.55. The molecule has 0 bridgehead atoms. The molecule has 124 valence electrons. The molecule has 5 nitrogen and oxygen atoms in total. The molecule has 0 radical (unpaired) electrons. The highest BCUT2D eigenvalue weighted by atomic mass is 127. The van der Waals surface area contributed by atoms with Gasteiger partial charge in [-0.3, -0.25) is 0 Å². The van der Waals surface area contributed by atoms with E-state index in [2.05, 4.69) is 10.3 Å². The van der Waals surface area contributed by atoms with Gasteiger partial charge in [0.15, 0.2) is 15.8 Å². The van der Waals surface area contributed by atoms with Crippen LogP contribution in [0.4, 0.5) is 0 Å². The third-order valence-corrected chi connectivity index (χ3v) is 5.39. The van der Waals surface area contributed by atoms with Crippen molar-refractivity contribution in [2.45, 2.75) is 13.0 Å². The SMILES string of the molecule is CN(C)C(=NCc1ccccc1)NCC1CCS(=O)(=O)C1.I. The summed E-state index contributed by atoms with van der Waals surface area (Å²) in [5.41, 5.74) is 1.15. The largest absolute Gasteiger partial charge is 0.356 e. The number of hydrogen-bond donors (Lipinski definition) is 1. The van der Waals surface area contributed by atoms with E-state index in [1.165, 1.54) is 0 Å². The van der Waals surface area contributed by atoms with Gasteiger partial charge in [0.25, 0.3) is 0 Å². The molecule has 1 heterocycles. The topological polar surface area (TPSA) is 61.8 Å². The van der Waals surface area contributed by atoms with Gasteiger partial charge in [0, 0.05) is 20.6 Å². The Bertz CT molecular complexity index is 588. The van der Waals surface area contributed by atoms with Crippen LogP contribution in [0.15, 0.2) is 35.3 Å². The number of guanidine groups is 1. The van der Waals surface area contributed by atoms with Crippen LogP contribution < -0.4 is 5.32 Å². The summed E-state index contributed by atoms with van der Waals surface area (Å²) in [7, 11) is 1.05. The molecule has 1 N–H and O–H groups in total. The monoisotopic (exact) mass is 437 g/mol. The first-order chi connectivity index (χ1) is 9.96. The van der Waals surface area contributed by atoms with Gasteiger partial charge < -0.3 is 10.2 Å². The second-order valence-electron chi connectivity index (χ2n) is 5.67. The maximum Gasteiger partial charge on any atom is 0.193 e. The summed E-state index contributed by atoms with van der Waals surface area (Å²) in [4.78, 5) is 6.50. The Morgan fingerprint density at radius 1 is 1.32 bits per heavy atom. The summed E-state index contributed by atoms with van der Waals surface area (Å²) >= 11 is 0. The van der Waals surface area contributed by atoms with Gasteiger partial charge >= 0.3 is 0 Å². The molecule has 0 aromatic heterocycles. The van der Waals surface area contributed by atoms with Crippen molar-refractivity contribution in [1.29, 1.82) is 0 Å². The number of halogens is 1. The van der Waals surface area contributed by atoms with Crippen molar-refractivity contribution in [3.05, 3.63) is 35.9 Å². The number of nitrogens with one attached hydrogen (secondary N) is 1. The van der Waals surface area contributed by atoms with Gasteiger partial charge in [0.2, 0.25) is 0 Å². The van der Waals surface area contributed by atoms with Crippen molar-refractivity contribution in [2.75, 3.05) is 32.1 Å². The van der Waals surface area contributed by atoms with Crippen LogP contribution in [0.1, 0.15) is 12.0 Å². The Hall–Kier alpha value is -0.830. The lowest BCUT2D eigenvalue weighted by Crippen LogP contribution is -2.39. The molecular weight excluding hydrogens is 413 g/mol. The van der Waals surface area contributed by atoms with Crippen molar-refractivity contribution >= 4 is 39.8 Å². The van der Waals surface area contributed by atoms with Gasteiger partial charge in [-0.25, -0.2) is 13.4 Å². The molecule has 2 rings (SSSR count). The lowest BCUT2D eigenvalue weighted by Gasteiger charge is -2.19. The minimum absolute atomic E-state index is 0. The molecule has 0 saturated carbocycles. The van der Waals surface area contributed by atoms with Gasteiger partial charge in [-0.05, 0) is 17.9 Å². The number of rotatable bonds is 4. The van der Waals surface area contributed by atoms with Crippen LogP contribution in [-0.4, -0.2) is 51.4 Å². The molecule has 1 fully saturated rings. The van der Waals surface area contributed by atoms with E-state index in [9.17, 15) is 8.42 Å². The zero-order valence-electron chi connectivity index (χ0n) is 13.0. The summed E-state index contributed by atoms with van der Waals surface area (Å²) in [6.45, 7) is 1.27. The third kappa shape index (κ3) is 6.12. The zero-order chi connectivity index (χ0) is 15.3. The summed E-state index contributed by atoms with van der Waals surface area (Å²) in [6.07, 6.45) is 0.745. The Balaban J connectivity index is 0.00000242. The molecule has 7 heteroatoms. The van der Waals surface area contributed by atoms with E-state index in [1.54, 1.807) is 0 Å². The molecule has 1 aromatic rings. The Kier molecular flexibility index (Phi) is 7.61. The van der Waals surface area contributed by atoms with E-state index in [1.807, 2.05) is 49.3 Å². The van der Waals surface area contributed by atoms with E-state index < -0.39 is 9.84 Å². The second-order valence-corrected chi connectivity index (χ2v) is 7.90. The average Bonchev–Trinajstić information content (AvgIpc) is 2.79. The molecule has 1 unspecified atom stereocenters. The number of sulfone groups is 1. The normalized spacial score (nSPS) is 20.3. The standard InChI is InChI=1S/C15H23N3O2S.HI/c1-18(2)15(16-10-13-6-4-3-5-7-13)17-11-14-8-9-21(19,20)12-14;/h3-7,14H,8-12H2,1-2H3,(H,16,17);1H. The van der Waals surface area contributed by atoms with Crippen LogP contribution in [0.5, 0.6) is 0 Å². The maximum atomic E-state index is 11.5. The highest BCUT2D eigenvalue weighted by molar-refractivity contribution is 14.0. The van der Waals surface area contributed by atoms with Crippen LogP contribution in [-0.2, 0) is 16.4 Å². The number of hydrogen-bond acceptors (Lipinski definition) is 3. The lowest BCUT2D eigenvalue weighted by molar-refractivity contribution is 0.528. The van der Waals surface area contributed by atoms with Crippen molar-refractivity contribution in [3.8, 4) is 0 Å². The predicted octanol–water partition coefficient (Wildman–Crippen LogP) is 1.75. The zero-order valence-corrected chi connectivity index (χ0v) is 16.2. The van der Waals surface area contributed by atoms with Gasteiger partial charge in [-0.1, -0.05) is 30.3 Å². The van der Waals surface area contributed by atoms with Crippen molar-refractivity contribution in [1.82, 2.24) is 10.2 Å². The van der Waals surface area contributed by atoms with Crippen LogP contribution in [0.3, 0.4) is 0 Å². The van der Waals surface area contributed by atoms with Crippen LogP contribution in [0.2, 0.25) is 0 Å². The van der Waals surface area contributed by atoms with E-state index in [0.717, 1.165) is 17.9 Å². The molecule has 0 spiro atoms. The van der Waals surface area contributed by atoms with Crippen molar-refractivity contribution in [3.63, 3.8) is 0 Å². The smallest absolute Gasteiger partial charge is 0.193 e. The van der Waals surface area contributed by atoms with E-state index in [4.69, 9.17) is 0 Å². The van der Waals surface area contributed by atoms with E-state index >= 15 is 0 Å². The average molecular weight is 437 g/mol. The molecule has 0 amide bonds. The van der Waals surface area contributed by atoms with E-state index in [0.29, 0.717) is 24.6 Å². The Morgan fingerprint density at radius 2 is 2.00 bits per heavy atom. The molecular formula is C15H24IN3O2S. The minimum Gasteiger partial charge on any atom is -0.356 e. The first-order valence-corrected chi connectivity index (χ1v) is 8.98. The highest BCUT2D eigenvalue weighted by Gasteiger charge is 2.27. The highest BCUT2D eigenvalue weighted by Crippen LogP contribution is 2.17. The van der Waals surface area contributed by atoms with Crippen LogP contribution >= 0.6 is 24.0 Å². The Labute approximate surface area is 150 Å². The van der Waals surface area contributed by atoms with Gasteiger partial charge in [-0.2, -0.15) is 0 Å². The quantitative estimate of drug-likeness (QED) is 0.443. The number of aliphatic imine (C=N–C) groups is 1. The molecule has 1 atom stereocenters.